The minimum atomic E-state index is -4.69. The van der Waals surface area contributed by atoms with Crippen LogP contribution in [-0.4, -0.2) is 51.2 Å². The quantitative estimate of drug-likeness (QED) is 0.213. The largest absolute Gasteiger partial charge is 0.481 e. The molecule has 1 unspecified atom stereocenters. The SMILES string of the molecule is CCN(CC1CCC(CC(=O)O)CC1)c1ncc(-c2ccccc2)nc1CN1C(=O)OC(c2cc(CF)cc(C(F)(F)F)c2)[C@@H]1C. The van der Waals surface area contributed by atoms with Crippen molar-refractivity contribution >= 4 is 17.9 Å². The molecule has 0 bridgehead atoms. The molecular formula is C34H38F4N4O4. The zero-order chi connectivity index (χ0) is 33.0. The highest BCUT2D eigenvalue weighted by Crippen LogP contribution is 2.39. The van der Waals surface area contributed by atoms with E-state index in [0.717, 1.165) is 43.4 Å². The number of aromatic nitrogens is 2. The van der Waals surface area contributed by atoms with Gasteiger partial charge in [-0.1, -0.05) is 30.3 Å². The number of amides is 1. The van der Waals surface area contributed by atoms with Crippen LogP contribution in [0.15, 0.2) is 54.7 Å². The van der Waals surface area contributed by atoms with Crippen molar-refractivity contribution in [1.29, 1.82) is 0 Å². The van der Waals surface area contributed by atoms with Crippen LogP contribution in [-0.2, 0) is 28.9 Å². The summed E-state index contributed by atoms with van der Waals surface area (Å²) in [5.41, 5.74) is 0.876. The first-order valence-electron chi connectivity index (χ1n) is 15.6. The molecule has 246 valence electrons. The van der Waals surface area contributed by atoms with Crippen molar-refractivity contribution < 1.29 is 37.0 Å². The van der Waals surface area contributed by atoms with Gasteiger partial charge in [0.2, 0.25) is 0 Å². The van der Waals surface area contributed by atoms with Crippen LogP contribution in [0, 0.1) is 11.8 Å². The summed E-state index contributed by atoms with van der Waals surface area (Å²) in [5, 5.41) is 9.18. The molecule has 8 nitrogen and oxygen atoms in total. The summed E-state index contributed by atoms with van der Waals surface area (Å²) in [4.78, 5) is 37.7. The summed E-state index contributed by atoms with van der Waals surface area (Å²) in [6.07, 6.45) is -1.09. The van der Waals surface area contributed by atoms with E-state index in [2.05, 4.69) is 4.90 Å². The Balaban J connectivity index is 1.43. The van der Waals surface area contributed by atoms with Crippen molar-refractivity contribution in [1.82, 2.24) is 14.9 Å². The van der Waals surface area contributed by atoms with E-state index in [1.807, 2.05) is 37.3 Å². The number of benzene rings is 2. The molecule has 2 atom stereocenters. The maximum Gasteiger partial charge on any atom is 0.416 e. The molecule has 1 saturated heterocycles. The van der Waals surface area contributed by atoms with Gasteiger partial charge in [-0.15, -0.1) is 0 Å². The fourth-order valence-corrected chi connectivity index (χ4v) is 6.53. The van der Waals surface area contributed by atoms with Gasteiger partial charge >= 0.3 is 18.2 Å². The maximum atomic E-state index is 13.6. The Labute approximate surface area is 265 Å². The summed E-state index contributed by atoms with van der Waals surface area (Å²) in [5.74, 6) is 0.332. The van der Waals surface area contributed by atoms with E-state index in [1.54, 1.807) is 13.1 Å². The number of carboxylic acids is 1. The number of nitrogens with zero attached hydrogens (tertiary/aromatic N) is 4. The summed E-state index contributed by atoms with van der Waals surface area (Å²) >= 11 is 0. The van der Waals surface area contributed by atoms with Crippen LogP contribution < -0.4 is 4.90 Å². The number of hydrogen-bond donors (Lipinski definition) is 1. The van der Waals surface area contributed by atoms with Crippen LogP contribution >= 0.6 is 0 Å². The van der Waals surface area contributed by atoms with Crippen molar-refractivity contribution in [2.24, 2.45) is 11.8 Å². The highest BCUT2D eigenvalue weighted by atomic mass is 19.4. The van der Waals surface area contributed by atoms with E-state index >= 15 is 0 Å². The van der Waals surface area contributed by atoms with Gasteiger partial charge in [-0.05, 0) is 80.7 Å². The first kappa shape index (κ1) is 33.2. The van der Waals surface area contributed by atoms with Crippen molar-refractivity contribution in [3.63, 3.8) is 0 Å². The third kappa shape index (κ3) is 7.59. The average Bonchev–Trinajstić information content (AvgIpc) is 3.32. The normalized spacial score (nSPS) is 21.7. The van der Waals surface area contributed by atoms with Crippen molar-refractivity contribution in [3.05, 3.63) is 77.1 Å². The number of carbonyl (C=O) groups is 2. The van der Waals surface area contributed by atoms with Crippen LogP contribution in [0.2, 0.25) is 0 Å². The Bertz CT molecular complexity index is 1530. The fourth-order valence-electron chi connectivity index (χ4n) is 6.53. The molecule has 3 aromatic rings. The van der Waals surface area contributed by atoms with Gasteiger partial charge in [0.15, 0.2) is 5.82 Å². The summed E-state index contributed by atoms with van der Waals surface area (Å²) in [7, 11) is 0. The molecule has 2 aliphatic rings. The topological polar surface area (TPSA) is 95.9 Å². The second-order valence-electron chi connectivity index (χ2n) is 12.2. The molecule has 0 spiro atoms. The van der Waals surface area contributed by atoms with Gasteiger partial charge in [-0.25, -0.2) is 19.2 Å². The molecule has 1 aliphatic carbocycles. The Morgan fingerprint density at radius 2 is 1.78 bits per heavy atom. The molecule has 0 radical (unpaired) electrons. The van der Waals surface area contributed by atoms with Crippen LogP contribution in [0.1, 0.15) is 74.4 Å². The lowest BCUT2D eigenvalue weighted by Gasteiger charge is -2.33. The Hall–Kier alpha value is -4.22. The lowest BCUT2D eigenvalue weighted by molar-refractivity contribution is -0.139. The number of carboxylic acid groups (broad SMARTS) is 1. The lowest BCUT2D eigenvalue weighted by Crippen LogP contribution is -2.36. The van der Waals surface area contributed by atoms with Crippen molar-refractivity contribution in [3.8, 4) is 11.3 Å². The fraction of sp³-hybridized carbons (Fsp3) is 0.471. The van der Waals surface area contributed by atoms with Crippen LogP contribution in [0.5, 0.6) is 0 Å². The van der Waals surface area contributed by atoms with Crippen LogP contribution in [0.3, 0.4) is 0 Å². The van der Waals surface area contributed by atoms with Gasteiger partial charge in [-0.3, -0.25) is 9.69 Å². The molecule has 1 N–H and O–H groups in total. The molecule has 1 aliphatic heterocycles. The number of rotatable bonds is 11. The summed E-state index contributed by atoms with van der Waals surface area (Å²) < 4.78 is 59.9. The summed E-state index contributed by atoms with van der Waals surface area (Å²) in [6, 6.07) is 11.7. The van der Waals surface area contributed by atoms with Crippen molar-refractivity contribution in [2.45, 2.75) is 77.5 Å². The zero-order valence-corrected chi connectivity index (χ0v) is 25.8. The molecule has 2 fully saturated rings. The highest BCUT2D eigenvalue weighted by Gasteiger charge is 2.42. The number of carbonyl (C=O) groups excluding carboxylic acids is 1. The molecule has 2 heterocycles. The highest BCUT2D eigenvalue weighted by molar-refractivity contribution is 5.71. The van der Waals surface area contributed by atoms with Crippen molar-refractivity contribution in [2.75, 3.05) is 18.0 Å². The number of aliphatic carboxylic acids is 1. The van der Waals surface area contributed by atoms with Gasteiger partial charge in [0.25, 0.3) is 0 Å². The molecular weight excluding hydrogens is 604 g/mol. The lowest BCUT2D eigenvalue weighted by atomic mass is 9.80. The number of cyclic esters (lactones) is 1. The minimum absolute atomic E-state index is 0.00368. The number of ether oxygens (including phenoxy) is 1. The number of halogens is 4. The molecule has 1 saturated carbocycles. The van der Waals surface area contributed by atoms with E-state index < -0.39 is 42.6 Å². The number of alkyl halides is 4. The van der Waals surface area contributed by atoms with E-state index in [-0.39, 0.29) is 30.0 Å². The van der Waals surface area contributed by atoms with E-state index in [0.29, 0.717) is 36.2 Å². The van der Waals surface area contributed by atoms with Gasteiger partial charge in [0, 0.05) is 25.1 Å². The molecule has 5 rings (SSSR count). The minimum Gasteiger partial charge on any atom is -0.481 e. The Kier molecular flexibility index (Phi) is 10.1. The number of anilines is 1. The maximum absolute atomic E-state index is 13.6. The third-order valence-corrected chi connectivity index (χ3v) is 9.02. The number of hydrogen-bond acceptors (Lipinski definition) is 6. The van der Waals surface area contributed by atoms with E-state index in [9.17, 15) is 32.3 Å². The summed E-state index contributed by atoms with van der Waals surface area (Å²) in [6.45, 7) is 3.89. The van der Waals surface area contributed by atoms with E-state index in [4.69, 9.17) is 14.7 Å². The second-order valence-corrected chi connectivity index (χ2v) is 12.2. The van der Waals surface area contributed by atoms with Crippen LogP contribution in [0.25, 0.3) is 11.3 Å². The zero-order valence-electron chi connectivity index (χ0n) is 25.8. The first-order chi connectivity index (χ1) is 22.0. The second kappa shape index (κ2) is 14.0. The third-order valence-electron chi connectivity index (χ3n) is 9.02. The Morgan fingerprint density at radius 1 is 1.09 bits per heavy atom. The van der Waals surface area contributed by atoms with E-state index in [1.165, 1.54) is 11.0 Å². The monoisotopic (exact) mass is 642 g/mol. The van der Waals surface area contributed by atoms with Gasteiger partial charge in [-0.2, -0.15) is 13.2 Å². The van der Waals surface area contributed by atoms with Gasteiger partial charge < -0.3 is 14.7 Å². The molecule has 2 aromatic carbocycles. The predicted molar refractivity (Wildman–Crippen MR) is 164 cm³/mol. The molecule has 1 amide bonds. The average molecular weight is 643 g/mol. The predicted octanol–water partition coefficient (Wildman–Crippen LogP) is 7.82. The standard InChI is InChI=1S/C34H38F4N4O4/c1-3-41(19-23-11-9-22(10-12-23)15-30(43)44)32-29(40-28(18-39-32)25-7-5-4-6-8-25)20-42-21(2)31(46-33(42)45)26-13-24(17-35)14-27(16-26)34(36,37)38/h4-8,13-14,16,18,21-23,31H,3,9-12,15,17,19-20H2,1-2H3,(H,43,44)/t21-,22?,23?,31?/m0/s1. The Morgan fingerprint density at radius 3 is 2.41 bits per heavy atom. The molecule has 1 aromatic heterocycles. The van der Waals surface area contributed by atoms with Crippen LogP contribution in [0.4, 0.5) is 28.2 Å². The smallest absolute Gasteiger partial charge is 0.416 e. The first-order valence-corrected chi connectivity index (χ1v) is 15.6. The molecule has 12 heteroatoms. The molecule has 46 heavy (non-hydrogen) atoms. The van der Waals surface area contributed by atoms with Gasteiger partial charge in [0.1, 0.15) is 18.5 Å². The van der Waals surface area contributed by atoms with Gasteiger partial charge in [0.05, 0.1) is 30.0 Å².